The molecule has 0 aliphatic carbocycles. The monoisotopic (exact) mass is 513 g/mol. The molecule has 4 rings (SSSR count). The van der Waals surface area contributed by atoms with E-state index in [1.165, 1.54) is 0 Å². The van der Waals surface area contributed by atoms with Crippen molar-refractivity contribution in [3.8, 4) is 5.75 Å². The third kappa shape index (κ3) is 5.57. The maximum atomic E-state index is 12.7. The van der Waals surface area contributed by atoms with Crippen LogP contribution in [0.4, 0.5) is 11.4 Å². The largest absolute Gasteiger partial charge is 0.497 e. The van der Waals surface area contributed by atoms with E-state index in [-0.39, 0.29) is 23.7 Å². The summed E-state index contributed by atoms with van der Waals surface area (Å²) in [5.74, 6) is -0.0624. The number of fused-ring (bicyclic) bond motifs is 1. The molecule has 0 saturated heterocycles. The highest BCUT2D eigenvalue weighted by atomic mass is 16.5. The van der Waals surface area contributed by atoms with Gasteiger partial charge in [0.1, 0.15) is 12.2 Å². The van der Waals surface area contributed by atoms with Gasteiger partial charge in [-0.15, -0.1) is 0 Å². The Labute approximate surface area is 224 Å². The van der Waals surface area contributed by atoms with Gasteiger partial charge in [0.15, 0.2) is 0 Å². The molecule has 0 bridgehead atoms. The zero-order valence-corrected chi connectivity index (χ0v) is 22.6. The second-order valence-electron chi connectivity index (χ2n) is 10.6. The molecule has 3 aromatic rings. The van der Waals surface area contributed by atoms with Gasteiger partial charge in [0.2, 0.25) is 17.7 Å². The van der Waals surface area contributed by atoms with Crippen LogP contribution < -0.4 is 20.3 Å². The number of rotatable bonds is 7. The van der Waals surface area contributed by atoms with Crippen LogP contribution in [0, 0.1) is 0 Å². The van der Waals surface area contributed by atoms with Gasteiger partial charge in [0.25, 0.3) is 0 Å². The molecule has 198 valence electrons. The van der Waals surface area contributed by atoms with Gasteiger partial charge in [0, 0.05) is 35.8 Å². The zero-order valence-electron chi connectivity index (χ0n) is 22.6. The molecular weight excluding hydrogens is 478 g/mol. The molecule has 0 aromatic heterocycles. The van der Waals surface area contributed by atoms with Crippen LogP contribution >= 0.6 is 0 Å². The molecule has 38 heavy (non-hydrogen) atoms. The maximum absolute atomic E-state index is 12.7. The molecule has 3 amide bonds. The fourth-order valence-corrected chi connectivity index (χ4v) is 5.63. The molecule has 1 unspecified atom stereocenters. The van der Waals surface area contributed by atoms with E-state index in [0.717, 1.165) is 28.1 Å². The van der Waals surface area contributed by atoms with E-state index in [9.17, 15) is 14.4 Å². The molecule has 1 aliphatic heterocycles. The molecule has 0 fully saturated rings. The van der Waals surface area contributed by atoms with Crippen LogP contribution in [-0.4, -0.2) is 30.4 Å². The van der Waals surface area contributed by atoms with Crippen molar-refractivity contribution in [2.45, 2.75) is 58.0 Å². The summed E-state index contributed by atoms with van der Waals surface area (Å²) in [4.78, 5) is 39.7. The van der Waals surface area contributed by atoms with Gasteiger partial charge in [-0.2, -0.15) is 0 Å². The summed E-state index contributed by atoms with van der Waals surface area (Å²) in [5, 5.41) is 5.65. The van der Waals surface area contributed by atoms with E-state index in [0.29, 0.717) is 18.7 Å². The average molecular weight is 514 g/mol. The van der Waals surface area contributed by atoms with Crippen molar-refractivity contribution < 1.29 is 19.1 Å². The smallest absolute Gasteiger partial charge is 0.233 e. The van der Waals surface area contributed by atoms with Crippen molar-refractivity contribution in [3.05, 3.63) is 89.5 Å². The summed E-state index contributed by atoms with van der Waals surface area (Å²) < 4.78 is 5.14. The quantitative estimate of drug-likeness (QED) is 0.426. The summed E-state index contributed by atoms with van der Waals surface area (Å²) >= 11 is 0. The van der Waals surface area contributed by atoms with E-state index in [2.05, 4.69) is 43.5 Å². The SMILES string of the molecule is COc1ccc(CNC(=O)CC(=O)Nc2ccc3c(c2)C(C)(c2ccccc2)CC(C)(C)N3C(C)=O)cc1. The predicted octanol–water partition coefficient (Wildman–Crippen LogP) is 5.18. The third-order valence-electron chi connectivity index (χ3n) is 7.20. The number of nitrogens with zero attached hydrogens (tertiary/aromatic N) is 1. The number of benzene rings is 3. The van der Waals surface area contributed by atoms with Crippen molar-refractivity contribution in [3.63, 3.8) is 0 Å². The number of carbonyl (C=O) groups is 3. The molecule has 1 heterocycles. The Morgan fingerprint density at radius 3 is 2.24 bits per heavy atom. The van der Waals surface area contributed by atoms with Crippen molar-refractivity contribution in [1.29, 1.82) is 0 Å². The first-order valence-corrected chi connectivity index (χ1v) is 12.7. The van der Waals surface area contributed by atoms with Crippen LogP contribution in [0.15, 0.2) is 72.8 Å². The highest BCUT2D eigenvalue weighted by molar-refractivity contribution is 6.04. The molecule has 0 radical (unpaired) electrons. The van der Waals surface area contributed by atoms with Crippen LogP contribution in [0.3, 0.4) is 0 Å². The van der Waals surface area contributed by atoms with Gasteiger partial charge in [-0.1, -0.05) is 49.4 Å². The van der Waals surface area contributed by atoms with Crippen molar-refractivity contribution in [2.75, 3.05) is 17.3 Å². The lowest BCUT2D eigenvalue weighted by atomic mass is 9.65. The Kier molecular flexibility index (Phi) is 7.58. The van der Waals surface area contributed by atoms with Crippen molar-refractivity contribution in [1.82, 2.24) is 5.32 Å². The fourth-order valence-electron chi connectivity index (χ4n) is 5.63. The second kappa shape index (κ2) is 10.7. The van der Waals surface area contributed by atoms with Crippen LogP contribution in [0.25, 0.3) is 0 Å². The molecular formula is C31H35N3O4. The van der Waals surface area contributed by atoms with Crippen molar-refractivity contribution in [2.24, 2.45) is 0 Å². The Hall–Kier alpha value is -4.13. The predicted molar refractivity (Wildman–Crippen MR) is 149 cm³/mol. The fraction of sp³-hybridized carbons (Fsp3) is 0.323. The highest BCUT2D eigenvalue weighted by Crippen LogP contribution is 2.51. The lowest BCUT2D eigenvalue weighted by Gasteiger charge is -2.51. The molecule has 1 aliphatic rings. The van der Waals surface area contributed by atoms with Gasteiger partial charge in [-0.3, -0.25) is 14.4 Å². The van der Waals surface area contributed by atoms with Crippen LogP contribution in [-0.2, 0) is 26.3 Å². The standard InChI is InChI=1S/C31H35N3O4/c1-21(35)34-27-16-13-24(17-26(27)31(4,20-30(34,2)3)23-9-7-6-8-10-23)33-29(37)18-28(36)32-19-22-11-14-25(38-5)15-12-22/h6-17H,18-20H2,1-5H3,(H,32,36)(H,33,37). The summed E-state index contributed by atoms with van der Waals surface area (Å²) in [6.45, 7) is 8.24. The summed E-state index contributed by atoms with van der Waals surface area (Å²) in [5.41, 5.74) is 3.63. The molecule has 1 atom stereocenters. The minimum atomic E-state index is -0.407. The molecule has 0 spiro atoms. The van der Waals surface area contributed by atoms with Gasteiger partial charge in [0.05, 0.1) is 7.11 Å². The number of hydrogen-bond donors (Lipinski definition) is 2. The minimum Gasteiger partial charge on any atom is -0.497 e. The minimum absolute atomic E-state index is 0.0309. The first-order chi connectivity index (χ1) is 18.0. The zero-order chi connectivity index (χ0) is 27.5. The van der Waals surface area contributed by atoms with E-state index >= 15 is 0 Å². The Bertz CT molecular complexity index is 1330. The molecule has 7 nitrogen and oxygen atoms in total. The lowest BCUT2D eigenvalue weighted by molar-refractivity contribution is -0.127. The second-order valence-corrected chi connectivity index (χ2v) is 10.6. The van der Waals surface area contributed by atoms with Crippen LogP contribution in [0.5, 0.6) is 5.75 Å². The summed E-state index contributed by atoms with van der Waals surface area (Å²) in [6, 6.07) is 23.2. The Balaban J connectivity index is 1.53. The highest BCUT2D eigenvalue weighted by Gasteiger charge is 2.47. The molecule has 2 N–H and O–H groups in total. The first-order valence-electron chi connectivity index (χ1n) is 12.7. The molecule has 3 aromatic carbocycles. The van der Waals surface area contributed by atoms with Gasteiger partial charge in [-0.05, 0) is 67.3 Å². The number of ether oxygens (including phenoxy) is 1. The number of carbonyl (C=O) groups excluding carboxylic acids is 3. The summed E-state index contributed by atoms with van der Waals surface area (Å²) in [6.07, 6.45) is 0.414. The van der Waals surface area contributed by atoms with Crippen LogP contribution in [0.1, 0.15) is 57.2 Å². The number of anilines is 2. The maximum Gasteiger partial charge on any atom is 0.233 e. The van der Waals surface area contributed by atoms with E-state index in [4.69, 9.17) is 4.74 Å². The third-order valence-corrected chi connectivity index (χ3v) is 7.20. The van der Waals surface area contributed by atoms with Crippen LogP contribution in [0.2, 0.25) is 0 Å². The van der Waals surface area contributed by atoms with E-state index in [1.54, 1.807) is 20.1 Å². The lowest BCUT2D eigenvalue weighted by Crippen LogP contribution is -2.55. The number of amides is 3. The van der Waals surface area contributed by atoms with E-state index in [1.807, 2.05) is 59.5 Å². The van der Waals surface area contributed by atoms with Crippen molar-refractivity contribution >= 4 is 29.1 Å². The van der Waals surface area contributed by atoms with Gasteiger partial charge < -0.3 is 20.3 Å². The Morgan fingerprint density at radius 1 is 0.921 bits per heavy atom. The first kappa shape index (κ1) is 26.9. The molecule has 0 saturated carbocycles. The van der Waals surface area contributed by atoms with Gasteiger partial charge >= 0.3 is 0 Å². The molecule has 7 heteroatoms. The topological polar surface area (TPSA) is 87.7 Å². The Morgan fingerprint density at radius 2 is 1.61 bits per heavy atom. The van der Waals surface area contributed by atoms with E-state index < -0.39 is 11.4 Å². The number of hydrogen-bond acceptors (Lipinski definition) is 4. The number of nitrogens with one attached hydrogen (secondary N) is 2. The summed E-state index contributed by atoms with van der Waals surface area (Å²) in [7, 11) is 1.60. The normalized spacial score (nSPS) is 17.8. The average Bonchev–Trinajstić information content (AvgIpc) is 2.88. The van der Waals surface area contributed by atoms with Gasteiger partial charge in [-0.25, -0.2) is 0 Å². The number of methoxy groups -OCH3 is 1.